The van der Waals surface area contributed by atoms with Crippen LogP contribution in [0.3, 0.4) is 0 Å². The summed E-state index contributed by atoms with van der Waals surface area (Å²) in [6.07, 6.45) is 7.82. The molecule has 2 atom stereocenters. The molecule has 2 unspecified atom stereocenters. The fourth-order valence-electron chi connectivity index (χ4n) is 4.17. The second-order valence-corrected chi connectivity index (χ2v) is 8.86. The summed E-state index contributed by atoms with van der Waals surface area (Å²) < 4.78 is 0. The molecule has 1 nitrogen and oxygen atoms in total. The summed E-state index contributed by atoms with van der Waals surface area (Å²) in [6.45, 7) is 13.6. The third-order valence-electron chi connectivity index (χ3n) is 4.75. The first-order valence-electron chi connectivity index (χ1n) is 7.82. The van der Waals surface area contributed by atoms with Gasteiger partial charge >= 0.3 is 0 Å². The monoisotopic (exact) mass is 262 g/mol. The van der Waals surface area contributed by atoms with Gasteiger partial charge in [0.2, 0.25) is 0 Å². The Morgan fingerprint density at radius 1 is 1.32 bits per heavy atom. The number of ketones is 1. The normalized spacial score (nSPS) is 33.2. The largest absolute Gasteiger partial charge is 0.295 e. The lowest BCUT2D eigenvalue weighted by molar-refractivity contribution is -0.115. The Morgan fingerprint density at radius 2 is 1.95 bits per heavy atom. The third kappa shape index (κ3) is 3.30. The van der Waals surface area contributed by atoms with Gasteiger partial charge in [-0.3, -0.25) is 4.79 Å². The predicted octanol–water partition coefficient (Wildman–Crippen LogP) is 5.15. The summed E-state index contributed by atoms with van der Waals surface area (Å²) in [5.74, 6) is 1.18. The molecule has 0 heterocycles. The van der Waals surface area contributed by atoms with Crippen LogP contribution >= 0.6 is 0 Å². The van der Waals surface area contributed by atoms with Crippen molar-refractivity contribution in [2.45, 2.75) is 73.6 Å². The van der Waals surface area contributed by atoms with Crippen LogP contribution in [-0.4, -0.2) is 5.78 Å². The van der Waals surface area contributed by atoms with Gasteiger partial charge in [-0.25, -0.2) is 0 Å². The molecule has 0 radical (unpaired) electrons. The maximum absolute atomic E-state index is 12.2. The van der Waals surface area contributed by atoms with E-state index in [1.807, 2.05) is 6.92 Å². The van der Waals surface area contributed by atoms with Gasteiger partial charge in [0, 0.05) is 6.42 Å². The first-order valence-corrected chi connectivity index (χ1v) is 7.82. The Kier molecular flexibility index (Phi) is 3.48. The van der Waals surface area contributed by atoms with E-state index in [9.17, 15) is 4.79 Å². The highest BCUT2D eigenvalue weighted by atomic mass is 16.1. The van der Waals surface area contributed by atoms with Crippen molar-refractivity contribution in [3.05, 3.63) is 11.6 Å². The molecule has 0 aromatic rings. The molecule has 2 rings (SSSR count). The van der Waals surface area contributed by atoms with E-state index < -0.39 is 0 Å². The van der Waals surface area contributed by atoms with E-state index in [0.29, 0.717) is 23.0 Å². The van der Waals surface area contributed by atoms with Gasteiger partial charge < -0.3 is 0 Å². The van der Waals surface area contributed by atoms with Crippen molar-refractivity contribution in [3.63, 3.8) is 0 Å². The molecule has 0 spiro atoms. The van der Waals surface area contributed by atoms with Crippen LogP contribution in [0.2, 0.25) is 0 Å². The van der Waals surface area contributed by atoms with Crippen LogP contribution < -0.4 is 0 Å². The molecule has 0 amide bonds. The van der Waals surface area contributed by atoms with Crippen molar-refractivity contribution in [1.82, 2.24) is 0 Å². The maximum Gasteiger partial charge on any atom is 0.158 e. The molecule has 0 aliphatic heterocycles. The van der Waals surface area contributed by atoms with Crippen LogP contribution in [0.15, 0.2) is 11.6 Å². The summed E-state index contributed by atoms with van der Waals surface area (Å²) in [6, 6.07) is 0. The van der Waals surface area contributed by atoms with Crippen molar-refractivity contribution in [3.8, 4) is 0 Å². The van der Waals surface area contributed by atoms with Crippen molar-refractivity contribution in [1.29, 1.82) is 0 Å². The van der Waals surface area contributed by atoms with Crippen molar-refractivity contribution < 1.29 is 4.79 Å². The number of rotatable bonds is 3. The van der Waals surface area contributed by atoms with E-state index in [-0.39, 0.29) is 5.41 Å². The molecule has 0 aromatic carbocycles. The van der Waals surface area contributed by atoms with Crippen molar-refractivity contribution >= 4 is 5.78 Å². The summed E-state index contributed by atoms with van der Waals surface area (Å²) in [4.78, 5) is 12.2. The average molecular weight is 262 g/mol. The number of hydrogen-bond donors (Lipinski definition) is 0. The minimum Gasteiger partial charge on any atom is -0.295 e. The molecular formula is C18H30O. The minimum absolute atomic E-state index is 0.289. The Balaban J connectivity index is 2.30. The first-order chi connectivity index (χ1) is 8.57. The minimum atomic E-state index is 0.289. The van der Waals surface area contributed by atoms with E-state index in [1.54, 1.807) is 0 Å². The zero-order valence-electron chi connectivity index (χ0n) is 13.6. The molecule has 0 aromatic heterocycles. The number of fused-ring (bicyclic) bond motifs is 1. The van der Waals surface area contributed by atoms with Gasteiger partial charge in [0.15, 0.2) is 5.78 Å². The second kappa shape index (κ2) is 4.46. The standard InChI is InChI=1S/C18H30O/c1-7-15(19)13-8-17(5,6)10-14-11-18(14,9-13)12-16(2,3)4/h9,14H,7-8,10-12H2,1-6H3. The molecule has 2 aliphatic carbocycles. The first kappa shape index (κ1) is 14.8. The maximum atomic E-state index is 12.2. The van der Waals surface area contributed by atoms with Crippen LogP contribution in [0.1, 0.15) is 73.6 Å². The van der Waals surface area contributed by atoms with E-state index in [2.05, 4.69) is 40.7 Å². The predicted molar refractivity (Wildman–Crippen MR) is 81.0 cm³/mol. The summed E-state index contributed by atoms with van der Waals surface area (Å²) in [5, 5.41) is 0. The van der Waals surface area contributed by atoms with Gasteiger partial charge in [0.25, 0.3) is 0 Å². The highest BCUT2D eigenvalue weighted by Gasteiger charge is 2.56. The Hall–Kier alpha value is -0.590. The molecule has 0 saturated heterocycles. The Bertz CT molecular complexity index is 408. The van der Waals surface area contributed by atoms with E-state index in [0.717, 1.165) is 17.9 Å². The quantitative estimate of drug-likeness (QED) is 0.687. The summed E-state index contributed by atoms with van der Waals surface area (Å²) in [5.41, 5.74) is 2.10. The number of hydrogen-bond acceptors (Lipinski definition) is 1. The number of Topliss-reactive ketones (excluding diaryl/α,β-unsaturated/α-hetero) is 1. The highest BCUT2D eigenvalue weighted by molar-refractivity contribution is 5.95. The van der Waals surface area contributed by atoms with Crippen LogP contribution in [0.5, 0.6) is 0 Å². The molecule has 1 saturated carbocycles. The van der Waals surface area contributed by atoms with Crippen LogP contribution in [0.25, 0.3) is 0 Å². The fraction of sp³-hybridized carbons (Fsp3) is 0.833. The lowest BCUT2D eigenvalue weighted by Crippen LogP contribution is -2.15. The lowest BCUT2D eigenvalue weighted by Gasteiger charge is -2.25. The molecule has 108 valence electrons. The van der Waals surface area contributed by atoms with Gasteiger partial charge in [0.05, 0.1) is 0 Å². The van der Waals surface area contributed by atoms with Gasteiger partial charge in [-0.2, -0.15) is 0 Å². The second-order valence-electron chi connectivity index (χ2n) is 8.86. The topological polar surface area (TPSA) is 17.1 Å². The SMILES string of the molecule is CCC(=O)C1=CC2(CC(C)(C)C)CC2CC(C)(C)C1. The van der Waals surface area contributed by atoms with Gasteiger partial charge in [-0.1, -0.05) is 47.6 Å². The van der Waals surface area contributed by atoms with E-state index in [1.165, 1.54) is 19.3 Å². The molecule has 0 bridgehead atoms. The smallest absolute Gasteiger partial charge is 0.158 e. The lowest BCUT2D eigenvalue weighted by atomic mass is 9.80. The highest BCUT2D eigenvalue weighted by Crippen LogP contribution is 2.65. The molecular weight excluding hydrogens is 232 g/mol. The zero-order chi connectivity index (χ0) is 14.5. The van der Waals surface area contributed by atoms with Crippen molar-refractivity contribution in [2.24, 2.45) is 22.2 Å². The van der Waals surface area contributed by atoms with Crippen LogP contribution in [0.4, 0.5) is 0 Å². The molecule has 2 aliphatic rings. The summed E-state index contributed by atoms with van der Waals surface area (Å²) in [7, 11) is 0. The van der Waals surface area contributed by atoms with Crippen LogP contribution in [-0.2, 0) is 4.79 Å². The fourth-order valence-corrected chi connectivity index (χ4v) is 4.17. The average Bonchev–Trinajstić information content (AvgIpc) is 2.84. The summed E-state index contributed by atoms with van der Waals surface area (Å²) >= 11 is 0. The molecule has 19 heavy (non-hydrogen) atoms. The van der Waals surface area contributed by atoms with Crippen LogP contribution in [0, 0.1) is 22.2 Å². The zero-order valence-corrected chi connectivity index (χ0v) is 13.6. The number of carbonyl (C=O) groups excluding carboxylic acids is 1. The molecule has 0 N–H and O–H groups in total. The number of carbonyl (C=O) groups is 1. The molecule has 1 heteroatoms. The van der Waals surface area contributed by atoms with Gasteiger partial charge in [-0.15, -0.1) is 0 Å². The Morgan fingerprint density at radius 3 is 2.47 bits per heavy atom. The molecule has 1 fully saturated rings. The van der Waals surface area contributed by atoms with E-state index in [4.69, 9.17) is 0 Å². The van der Waals surface area contributed by atoms with Gasteiger partial charge in [0.1, 0.15) is 0 Å². The Labute approximate surface area is 118 Å². The third-order valence-corrected chi connectivity index (χ3v) is 4.75. The van der Waals surface area contributed by atoms with Crippen molar-refractivity contribution in [2.75, 3.05) is 0 Å². The van der Waals surface area contributed by atoms with E-state index >= 15 is 0 Å². The van der Waals surface area contributed by atoms with Gasteiger partial charge in [-0.05, 0) is 53.4 Å². The number of allylic oxidation sites excluding steroid dienone is 2.